The van der Waals surface area contributed by atoms with E-state index in [-0.39, 0.29) is 0 Å². The first-order chi connectivity index (χ1) is 8.72. The Labute approximate surface area is 107 Å². The lowest BCUT2D eigenvalue weighted by atomic mass is 10.1. The average Bonchev–Trinajstić information content (AvgIpc) is 2.36. The van der Waals surface area contributed by atoms with Crippen LogP contribution >= 0.6 is 0 Å². The number of rotatable bonds is 5. The SMILES string of the molecule is NCCNc1cccc2c(O[SH](=O)=O)cccc12. The molecule has 0 aromatic heterocycles. The Morgan fingerprint density at radius 2 is 1.83 bits per heavy atom. The van der Waals surface area contributed by atoms with Gasteiger partial charge >= 0.3 is 0 Å². The molecule has 0 atom stereocenters. The number of nitrogens with one attached hydrogen (secondary N) is 1. The van der Waals surface area contributed by atoms with E-state index in [4.69, 9.17) is 9.92 Å². The molecule has 0 aliphatic heterocycles. The fraction of sp³-hybridized carbons (Fsp3) is 0.167. The first kappa shape index (κ1) is 12.7. The molecule has 0 aliphatic rings. The summed E-state index contributed by atoms with van der Waals surface area (Å²) in [5, 5.41) is 4.84. The first-order valence-corrected chi connectivity index (χ1v) is 6.60. The van der Waals surface area contributed by atoms with Crippen molar-refractivity contribution in [1.82, 2.24) is 0 Å². The molecule has 2 aromatic carbocycles. The van der Waals surface area contributed by atoms with Crippen molar-refractivity contribution in [2.24, 2.45) is 5.73 Å². The van der Waals surface area contributed by atoms with Crippen molar-refractivity contribution in [3.8, 4) is 5.75 Å². The van der Waals surface area contributed by atoms with E-state index in [1.165, 1.54) is 0 Å². The lowest BCUT2D eigenvalue weighted by Crippen LogP contribution is -2.13. The maximum atomic E-state index is 10.7. The maximum absolute atomic E-state index is 10.7. The monoisotopic (exact) mass is 266 g/mol. The summed E-state index contributed by atoms with van der Waals surface area (Å²) in [6.45, 7) is 1.18. The van der Waals surface area contributed by atoms with Gasteiger partial charge in [0.25, 0.3) is 11.0 Å². The lowest BCUT2D eigenvalue weighted by molar-refractivity contribution is 0.513. The van der Waals surface area contributed by atoms with Crippen molar-refractivity contribution in [2.45, 2.75) is 0 Å². The van der Waals surface area contributed by atoms with Gasteiger partial charge in [0.2, 0.25) is 0 Å². The zero-order valence-corrected chi connectivity index (χ0v) is 10.5. The smallest absolute Gasteiger partial charge is 0.299 e. The van der Waals surface area contributed by atoms with E-state index >= 15 is 0 Å². The number of hydrogen-bond donors (Lipinski definition) is 3. The van der Waals surface area contributed by atoms with Crippen LogP contribution in [0.3, 0.4) is 0 Å². The molecule has 0 heterocycles. The summed E-state index contributed by atoms with van der Waals surface area (Å²) in [6, 6.07) is 10.9. The molecule has 0 saturated heterocycles. The molecule has 3 N–H and O–H groups in total. The second-order valence-corrected chi connectivity index (χ2v) is 4.32. The fourth-order valence-corrected chi connectivity index (χ4v) is 2.12. The van der Waals surface area contributed by atoms with Crippen LogP contribution in [-0.4, -0.2) is 21.5 Å². The fourth-order valence-electron chi connectivity index (χ4n) is 1.80. The molecule has 0 amide bonds. The summed E-state index contributed by atoms with van der Waals surface area (Å²) in [4.78, 5) is 0. The number of benzene rings is 2. The van der Waals surface area contributed by atoms with Crippen molar-refractivity contribution < 1.29 is 12.6 Å². The van der Waals surface area contributed by atoms with E-state index in [2.05, 4.69) is 5.32 Å². The van der Waals surface area contributed by atoms with E-state index < -0.39 is 11.0 Å². The molecule has 96 valence electrons. The van der Waals surface area contributed by atoms with Gasteiger partial charge in [-0.1, -0.05) is 24.3 Å². The second kappa shape index (κ2) is 5.70. The summed E-state index contributed by atoms with van der Waals surface area (Å²) in [5.74, 6) is 0.333. The van der Waals surface area contributed by atoms with Crippen molar-refractivity contribution in [3.63, 3.8) is 0 Å². The van der Waals surface area contributed by atoms with Gasteiger partial charge < -0.3 is 15.2 Å². The largest absolute Gasteiger partial charge is 0.384 e. The van der Waals surface area contributed by atoms with Crippen molar-refractivity contribution in [2.75, 3.05) is 18.4 Å². The molecular formula is C12H14N2O3S. The predicted octanol–water partition coefficient (Wildman–Crippen LogP) is 1.12. The van der Waals surface area contributed by atoms with Crippen LogP contribution in [0.1, 0.15) is 0 Å². The topological polar surface area (TPSA) is 81.4 Å². The third-order valence-corrected chi connectivity index (χ3v) is 2.86. The molecule has 0 fully saturated rings. The molecule has 18 heavy (non-hydrogen) atoms. The van der Waals surface area contributed by atoms with Crippen LogP contribution in [0.2, 0.25) is 0 Å². The van der Waals surface area contributed by atoms with E-state index in [0.717, 1.165) is 16.5 Å². The van der Waals surface area contributed by atoms with Gasteiger partial charge in [-0.05, 0) is 12.1 Å². The molecule has 0 bridgehead atoms. The highest BCUT2D eigenvalue weighted by molar-refractivity contribution is 7.67. The van der Waals surface area contributed by atoms with Crippen LogP contribution in [-0.2, 0) is 11.0 Å². The lowest BCUT2D eigenvalue weighted by Gasteiger charge is -2.10. The molecule has 2 rings (SSSR count). The third kappa shape index (κ3) is 2.72. The molecule has 0 radical (unpaired) electrons. The molecular weight excluding hydrogens is 252 g/mol. The van der Waals surface area contributed by atoms with Gasteiger partial charge in [-0.25, -0.2) is 0 Å². The van der Waals surface area contributed by atoms with E-state index in [1.807, 2.05) is 24.3 Å². The minimum Gasteiger partial charge on any atom is -0.384 e. The summed E-state index contributed by atoms with van der Waals surface area (Å²) in [5.41, 5.74) is 6.36. The van der Waals surface area contributed by atoms with Crippen molar-refractivity contribution in [1.29, 1.82) is 0 Å². The first-order valence-electron chi connectivity index (χ1n) is 5.50. The van der Waals surface area contributed by atoms with Gasteiger partial charge in [0.15, 0.2) is 0 Å². The van der Waals surface area contributed by atoms with Gasteiger partial charge in [-0.2, -0.15) is 8.42 Å². The molecule has 0 unspecified atom stereocenters. The van der Waals surface area contributed by atoms with Gasteiger partial charge in [0.1, 0.15) is 5.75 Å². The average molecular weight is 266 g/mol. The van der Waals surface area contributed by atoms with Crippen LogP contribution in [0, 0.1) is 0 Å². The van der Waals surface area contributed by atoms with E-state index in [1.54, 1.807) is 12.1 Å². The van der Waals surface area contributed by atoms with E-state index in [0.29, 0.717) is 18.8 Å². The predicted molar refractivity (Wildman–Crippen MR) is 72.4 cm³/mol. The highest BCUT2D eigenvalue weighted by Crippen LogP contribution is 2.30. The zero-order chi connectivity index (χ0) is 13.0. The normalized spacial score (nSPS) is 10.8. The Morgan fingerprint density at radius 1 is 1.11 bits per heavy atom. The minimum absolute atomic E-state index is 0.333. The van der Waals surface area contributed by atoms with Crippen LogP contribution in [0.15, 0.2) is 36.4 Å². The minimum atomic E-state index is -2.91. The van der Waals surface area contributed by atoms with Gasteiger partial charge in [0.05, 0.1) is 0 Å². The number of thiol groups is 1. The molecule has 0 saturated carbocycles. The number of fused-ring (bicyclic) bond motifs is 1. The second-order valence-electron chi connectivity index (χ2n) is 3.69. The summed E-state index contributed by atoms with van der Waals surface area (Å²) >= 11 is 0. The number of nitrogens with two attached hydrogens (primary N) is 1. The molecule has 2 aromatic rings. The van der Waals surface area contributed by atoms with Gasteiger partial charge in [-0.15, -0.1) is 0 Å². The summed E-state index contributed by atoms with van der Waals surface area (Å²) in [6.07, 6.45) is 0. The molecule has 0 spiro atoms. The summed E-state index contributed by atoms with van der Waals surface area (Å²) in [7, 11) is -2.91. The quantitative estimate of drug-likeness (QED) is 0.706. The van der Waals surface area contributed by atoms with Crippen molar-refractivity contribution >= 4 is 27.4 Å². The van der Waals surface area contributed by atoms with Crippen molar-refractivity contribution in [3.05, 3.63) is 36.4 Å². The Morgan fingerprint density at radius 3 is 2.56 bits per heavy atom. The van der Waals surface area contributed by atoms with Crippen LogP contribution in [0.5, 0.6) is 5.75 Å². The highest BCUT2D eigenvalue weighted by Gasteiger charge is 2.05. The molecule has 0 aliphatic carbocycles. The standard InChI is InChI=1S/C12H14N2O3S/c13-7-8-14-11-5-1-4-10-9(11)3-2-6-12(10)17-18(15)16/h1-6,14,18H,7-8,13H2. The maximum Gasteiger partial charge on any atom is 0.299 e. The Bertz CT molecular complexity index is 618. The number of hydrogen-bond acceptors (Lipinski definition) is 5. The van der Waals surface area contributed by atoms with Crippen LogP contribution in [0.25, 0.3) is 10.8 Å². The van der Waals surface area contributed by atoms with Crippen LogP contribution in [0.4, 0.5) is 5.69 Å². The zero-order valence-electron chi connectivity index (χ0n) is 9.63. The molecule has 6 heteroatoms. The van der Waals surface area contributed by atoms with Gasteiger partial charge in [-0.3, -0.25) is 0 Å². The third-order valence-electron chi connectivity index (χ3n) is 2.51. The Balaban J connectivity index is 2.50. The van der Waals surface area contributed by atoms with E-state index in [9.17, 15) is 8.42 Å². The van der Waals surface area contributed by atoms with Crippen LogP contribution < -0.4 is 15.2 Å². The van der Waals surface area contributed by atoms with Gasteiger partial charge in [0, 0.05) is 29.5 Å². The molecule has 5 nitrogen and oxygen atoms in total. The number of anilines is 1. The highest BCUT2D eigenvalue weighted by atomic mass is 32.2. The summed E-state index contributed by atoms with van der Waals surface area (Å²) < 4.78 is 26.1. The Kier molecular flexibility index (Phi) is 4.01. The Hall–Kier alpha value is -1.79.